The molecule has 2 fully saturated rings. The smallest absolute Gasteiger partial charge is 0.263 e. The van der Waals surface area contributed by atoms with Crippen molar-refractivity contribution in [3.63, 3.8) is 0 Å². The van der Waals surface area contributed by atoms with Crippen LogP contribution in [0.1, 0.15) is 33.6 Å². The van der Waals surface area contributed by atoms with Gasteiger partial charge in [-0.15, -0.1) is 0 Å². The Morgan fingerprint density at radius 3 is 2.62 bits per heavy atom. The molecule has 1 saturated heterocycles. The lowest BCUT2D eigenvalue weighted by molar-refractivity contribution is 0.0139. The van der Waals surface area contributed by atoms with Gasteiger partial charge in [0.2, 0.25) is 0 Å². The van der Waals surface area contributed by atoms with E-state index < -0.39 is 15.7 Å². The van der Waals surface area contributed by atoms with Gasteiger partial charge in [-0.05, 0) is 31.6 Å². The first-order valence-electron chi connectivity index (χ1n) is 4.79. The minimum atomic E-state index is -3.25. The summed E-state index contributed by atoms with van der Waals surface area (Å²) in [6, 6.07) is 0. The van der Waals surface area contributed by atoms with Gasteiger partial charge >= 0.3 is 0 Å². The molecule has 0 radical (unpaired) electrons. The van der Waals surface area contributed by atoms with E-state index in [0.29, 0.717) is 18.3 Å². The van der Waals surface area contributed by atoms with Gasteiger partial charge in [0, 0.05) is 0 Å². The van der Waals surface area contributed by atoms with Crippen LogP contribution >= 0.6 is 0 Å². The predicted molar refractivity (Wildman–Crippen MR) is 49.8 cm³/mol. The SMILES string of the molecule is CC1CC2CC(C)(OS2(=O)=O)C1C. The Bertz CT molecular complexity index is 322. The van der Waals surface area contributed by atoms with Gasteiger partial charge in [-0.2, -0.15) is 8.42 Å². The number of hydrogen-bond donors (Lipinski definition) is 0. The molecule has 0 aromatic heterocycles. The van der Waals surface area contributed by atoms with Crippen molar-refractivity contribution >= 4 is 10.1 Å². The van der Waals surface area contributed by atoms with Gasteiger partial charge in [0.15, 0.2) is 0 Å². The summed E-state index contributed by atoms with van der Waals surface area (Å²) in [4.78, 5) is 0. The van der Waals surface area contributed by atoms with Crippen molar-refractivity contribution in [3.05, 3.63) is 0 Å². The maximum atomic E-state index is 11.5. The highest BCUT2D eigenvalue weighted by Crippen LogP contribution is 2.49. The summed E-state index contributed by atoms with van der Waals surface area (Å²) in [6.45, 7) is 6.12. The third-order valence-corrected chi connectivity index (χ3v) is 5.59. The molecule has 1 aliphatic carbocycles. The van der Waals surface area contributed by atoms with E-state index in [2.05, 4.69) is 13.8 Å². The fourth-order valence-electron chi connectivity index (χ4n) is 2.61. The summed E-state index contributed by atoms with van der Waals surface area (Å²) in [5, 5.41) is -0.247. The van der Waals surface area contributed by atoms with E-state index in [1.807, 2.05) is 6.92 Å². The van der Waals surface area contributed by atoms with Crippen molar-refractivity contribution in [2.45, 2.75) is 44.5 Å². The van der Waals surface area contributed by atoms with Gasteiger partial charge in [-0.1, -0.05) is 13.8 Å². The van der Waals surface area contributed by atoms with Gasteiger partial charge < -0.3 is 0 Å². The van der Waals surface area contributed by atoms with Crippen LogP contribution in [-0.4, -0.2) is 19.3 Å². The zero-order valence-corrected chi connectivity index (χ0v) is 9.10. The zero-order valence-electron chi connectivity index (χ0n) is 8.28. The highest BCUT2D eigenvalue weighted by molar-refractivity contribution is 7.87. The molecule has 76 valence electrons. The maximum absolute atomic E-state index is 11.5. The van der Waals surface area contributed by atoms with Crippen LogP contribution in [0.25, 0.3) is 0 Å². The van der Waals surface area contributed by atoms with Crippen molar-refractivity contribution in [3.8, 4) is 0 Å². The second-order valence-corrected chi connectivity index (χ2v) is 6.54. The van der Waals surface area contributed by atoms with E-state index in [9.17, 15) is 8.42 Å². The topological polar surface area (TPSA) is 43.4 Å². The molecule has 0 spiro atoms. The normalized spacial score (nSPS) is 53.6. The van der Waals surface area contributed by atoms with E-state index in [1.54, 1.807) is 0 Å². The van der Waals surface area contributed by atoms with Crippen LogP contribution in [0.4, 0.5) is 0 Å². The molecular weight excluding hydrogens is 188 g/mol. The molecular formula is C9H16O3S. The van der Waals surface area contributed by atoms with Gasteiger partial charge in [0.25, 0.3) is 10.1 Å². The monoisotopic (exact) mass is 204 g/mol. The molecule has 0 amide bonds. The Hall–Kier alpha value is -0.0900. The predicted octanol–water partition coefficient (Wildman–Crippen LogP) is 1.54. The number of fused-ring (bicyclic) bond motifs is 2. The largest absolute Gasteiger partial charge is 0.270 e. The molecule has 0 aromatic rings. The van der Waals surface area contributed by atoms with Crippen molar-refractivity contribution in [2.75, 3.05) is 0 Å². The van der Waals surface area contributed by atoms with E-state index in [-0.39, 0.29) is 5.25 Å². The average Bonchev–Trinajstić information content (AvgIpc) is 2.17. The van der Waals surface area contributed by atoms with Crippen LogP contribution in [0.2, 0.25) is 0 Å². The lowest BCUT2D eigenvalue weighted by Gasteiger charge is -2.36. The Balaban J connectivity index is 2.41. The first kappa shape index (κ1) is 9.46. The Kier molecular flexibility index (Phi) is 1.81. The van der Waals surface area contributed by atoms with E-state index in [4.69, 9.17) is 4.18 Å². The third kappa shape index (κ3) is 1.22. The Labute approximate surface area is 79.6 Å². The average molecular weight is 204 g/mol. The Morgan fingerprint density at radius 2 is 2.00 bits per heavy atom. The number of hydrogen-bond acceptors (Lipinski definition) is 3. The third-order valence-electron chi connectivity index (χ3n) is 3.80. The fourth-order valence-corrected chi connectivity index (χ4v) is 4.57. The van der Waals surface area contributed by atoms with Crippen molar-refractivity contribution in [1.82, 2.24) is 0 Å². The molecule has 13 heavy (non-hydrogen) atoms. The molecule has 4 heteroatoms. The number of rotatable bonds is 0. The minimum Gasteiger partial charge on any atom is -0.263 e. The molecule has 1 aliphatic heterocycles. The van der Waals surface area contributed by atoms with Crippen molar-refractivity contribution in [2.24, 2.45) is 11.8 Å². The fraction of sp³-hybridized carbons (Fsp3) is 1.00. The van der Waals surface area contributed by atoms with Crippen molar-refractivity contribution < 1.29 is 12.6 Å². The molecule has 1 saturated carbocycles. The molecule has 2 aliphatic rings. The molecule has 2 bridgehead atoms. The van der Waals surface area contributed by atoms with Crippen LogP contribution < -0.4 is 0 Å². The van der Waals surface area contributed by atoms with E-state index >= 15 is 0 Å². The first-order chi connectivity index (χ1) is 5.85. The van der Waals surface area contributed by atoms with Crippen LogP contribution in [0.15, 0.2) is 0 Å². The summed E-state index contributed by atoms with van der Waals surface area (Å²) in [7, 11) is -3.25. The molecule has 2 rings (SSSR count). The molecule has 0 aromatic carbocycles. The van der Waals surface area contributed by atoms with Gasteiger partial charge in [0.1, 0.15) is 0 Å². The molecule has 1 heterocycles. The molecule has 4 atom stereocenters. The highest BCUT2D eigenvalue weighted by atomic mass is 32.2. The first-order valence-corrected chi connectivity index (χ1v) is 6.27. The standard InChI is InChI=1S/C9H16O3S/c1-6-4-8-5-9(3,7(6)2)12-13(8,10)11/h6-8H,4-5H2,1-3H3. The minimum absolute atomic E-state index is 0.247. The highest BCUT2D eigenvalue weighted by Gasteiger charge is 2.55. The summed E-state index contributed by atoms with van der Waals surface area (Å²) in [6.07, 6.45) is 1.44. The molecule has 4 unspecified atom stereocenters. The van der Waals surface area contributed by atoms with Crippen LogP contribution in [0, 0.1) is 11.8 Å². The van der Waals surface area contributed by atoms with Gasteiger partial charge in [-0.3, -0.25) is 4.18 Å². The summed E-state index contributed by atoms with van der Waals surface area (Å²) >= 11 is 0. The summed E-state index contributed by atoms with van der Waals surface area (Å²) < 4.78 is 28.2. The molecule has 3 nitrogen and oxygen atoms in total. The lowest BCUT2D eigenvalue weighted by atomic mass is 9.71. The van der Waals surface area contributed by atoms with E-state index in [1.165, 1.54) is 0 Å². The molecule has 0 N–H and O–H groups in total. The summed E-state index contributed by atoms with van der Waals surface area (Å²) in [5.74, 6) is 0.780. The second kappa shape index (κ2) is 2.48. The quantitative estimate of drug-likeness (QED) is 0.562. The van der Waals surface area contributed by atoms with Crippen LogP contribution in [0.5, 0.6) is 0 Å². The zero-order chi connectivity index (χ0) is 9.85. The van der Waals surface area contributed by atoms with E-state index in [0.717, 1.165) is 6.42 Å². The lowest BCUT2D eigenvalue weighted by Crippen LogP contribution is -2.40. The van der Waals surface area contributed by atoms with Crippen LogP contribution in [0.3, 0.4) is 0 Å². The Morgan fingerprint density at radius 1 is 1.38 bits per heavy atom. The van der Waals surface area contributed by atoms with Crippen LogP contribution in [-0.2, 0) is 14.3 Å². The van der Waals surface area contributed by atoms with Gasteiger partial charge in [-0.25, -0.2) is 0 Å². The second-order valence-electron chi connectivity index (χ2n) is 4.72. The van der Waals surface area contributed by atoms with Crippen molar-refractivity contribution in [1.29, 1.82) is 0 Å². The van der Waals surface area contributed by atoms with Gasteiger partial charge in [0.05, 0.1) is 10.9 Å². The maximum Gasteiger partial charge on any atom is 0.270 e. The summed E-state index contributed by atoms with van der Waals surface area (Å²) in [5.41, 5.74) is -0.429.